The lowest BCUT2D eigenvalue weighted by Crippen LogP contribution is -2.69. The number of aliphatic imine (C=N–C) groups is 1. The molecule has 0 aliphatic carbocycles. The van der Waals surface area contributed by atoms with E-state index in [1.54, 1.807) is 13.3 Å². The van der Waals surface area contributed by atoms with Crippen molar-refractivity contribution in [2.75, 3.05) is 20.7 Å². The van der Waals surface area contributed by atoms with Crippen LogP contribution >= 0.6 is 0 Å². The minimum atomic E-state index is -3.14. The number of amidine groups is 1. The molecule has 0 spiro atoms. The summed E-state index contributed by atoms with van der Waals surface area (Å²) in [5, 5.41) is 1.72. The van der Waals surface area contributed by atoms with Gasteiger partial charge in [0.25, 0.3) is 8.32 Å². The lowest BCUT2D eigenvalue weighted by Gasteiger charge is -2.46. The summed E-state index contributed by atoms with van der Waals surface area (Å²) in [5.74, 6) is 1.36. The summed E-state index contributed by atoms with van der Waals surface area (Å²) < 4.78 is 21.8. The Labute approximate surface area is 261 Å². The molecule has 5 atom stereocenters. The second kappa shape index (κ2) is 12.9. The molecule has 9 nitrogen and oxygen atoms in total. The normalized spacial score (nSPS) is 24.2. The van der Waals surface area contributed by atoms with Gasteiger partial charge in [0.15, 0.2) is 12.0 Å². The van der Waals surface area contributed by atoms with E-state index in [0.717, 1.165) is 41.2 Å². The van der Waals surface area contributed by atoms with Gasteiger partial charge >= 0.3 is 5.69 Å². The van der Waals surface area contributed by atoms with Gasteiger partial charge in [0.2, 0.25) is 0 Å². The summed E-state index contributed by atoms with van der Waals surface area (Å²) >= 11 is 0. The molecule has 2 unspecified atom stereocenters. The number of ether oxygens (including phenoxy) is 2. The van der Waals surface area contributed by atoms with Gasteiger partial charge in [-0.2, -0.15) is 4.98 Å². The van der Waals surface area contributed by atoms with Crippen LogP contribution < -0.4 is 21.8 Å². The van der Waals surface area contributed by atoms with E-state index >= 15 is 0 Å². The summed E-state index contributed by atoms with van der Waals surface area (Å²) in [4.78, 5) is 24.8. The van der Waals surface area contributed by atoms with E-state index in [-0.39, 0.29) is 0 Å². The minimum absolute atomic E-state index is 0.416. The zero-order valence-corrected chi connectivity index (χ0v) is 27.6. The van der Waals surface area contributed by atoms with Crippen molar-refractivity contribution in [1.29, 1.82) is 0 Å². The van der Waals surface area contributed by atoms with Gasteiger partial charge in [-0.25, -0.2) is 9.79 Å². The van der Waals surface area contributed by atoms with Crippen LogP contribution in [0.1, 0.15) is 45.4 Å². The number of benzene rings is 2. The maximum absolute atomic E-state index is 13.6. The highest BCUT2D eigenvalue weighted by molar-refractivity contribution is 7.00. The Hall–Kier alpha value is -3.41. The Morgan fingerprint density at radius 2 is 1.75 bits per heavy atom. The van der Waals surface area contributed by atoms with Gasteiger partial charge in [0.1, 0.15) is 24.1 Å². The average Bonchev–Trinajstić information content (AvgIpc) is 3.60. The number of hydrogen-bond acceptors (Lipinski definition) is 7. The highest BCUT2D eigenvalue weighted by atomic mass is 28.4. The van der Waals surface area contributed by atoms with Gasteiger partial charge in [0.05, 0.1) is 0 Å². The molecule has 44 heavy (non-hydrogen) atoms. The number of nitrogens with zero attached hydrogens (tertiary/aromatic N) is 4. The number of methoxy groups -OCH3 is 1. The van der Waals surface area contributed by atoms with Gasteiger partial charge in [-0.1, -0.05) is 80.6 Å². The average molecular weight is 616 g/mol. The van der Waals surface area contributed by atoms with Gasteiger partial charge in [-0.15, -0.1) is 6.58 Å². The SMILES string of the molecule is C=CC(C)(C)[Si](OC1C(OC)[C@H](n2cc(C)c(N=C3CCCN3C)nc2=O)O[C@@H]1[C@H](C)N)(c1ccccc1)c1ccccc1. The monoisotopic (exact) mass is 615 g/mol. The molecule has 2 aliphatic heterocycles. The molecule has 0 bridgehead atoms. The maximum Gasteiger partial charge on any atom is 0.351 e. The van der Waals surface area contributed by atoms with E-state index in [1.165, 1.54) is 4.57 Å². The Kier molecular flexibility index (Phi) is 9.38. The van der Waals surface area contributed by atoms with Crippen molar-refractivity contribution in [1.82, 2.24) is 14.5 Å². The lowest BCUT2D eigenvalue weighted by molar-refractivity contribution is -0.0564. The fourth-order valence-electron chi connectivity index (χ4n) is 6.50. The third kappa shape index (κ3) is 5.72. The second-order valence-electron chi connectivity index (χ2n) is 12.5. The predicted molar refractivity (Wildman–Crippen MR) is 178 cm³/mol. The van der Waals surface area contributed by atoms with E-state index in [4.69, 9.17) is 24.6 Å². The van der Waals surface area contributed by atoms with Crippen LogP contribution in [-0.4, -0.2) is 73.7 Å². The number of nitrogens with two attached hydrogens (primary N) is 1. The van der Waals surface area contributed by atoms with Crippen LogP contribution in [0.25, 0.3) is 0 Å². The summed E-state index contributed by atoms with van der Waals surface area (Å²) in [6, 6.07) is 20.2. The molecule has 2 aromatic carbocycles. The first kappa shape index (κ1) is 32.0. The molecule has 2 N–H and O–H groups in total. The number of allylic oxidation sites excluding steroid dienone is 1. The Morgan fingerprint density at radius 3 is 2.25 bits per heavy atom. The van der Waals surface area contributed by atoms with Crippen molar-refractivity contribution in [3.05, 3.63) is 95.6 Å². The highest BCUT2D eigenvalue weighted by Crippen LogP contribution is 2.43. The first-order valence-electron chi connectivity index (χ1n) is 15.3. The fraction of sp³-hybridized carbons (Fsp3) is 0.441. The number of hydrogen-bond donors (Lipinski definition) is 1. The number of likely N-dealkylation sites (tertiary alicyclic amines) is 1. The quantitative estimate of drug-likeness (QED) is 0.274. The van der Waals surface area contributed by atoms with E-state index in [1.807, 2.05) is 63.4 Å². The van der Waals surface area contributed by atoms with Crippen molar-refractivity contribution in [2.45, 2.75) is 76.2 Å². The molecule has 234 valence electrons. The summed E-state index contributed by atoms with van der Waals surface area (Å²) in [6.45, 7) is 13.3. The van der Waals surface area contributed by atoms with Crippen molar-refractivity contribution in [3.63, 3.8) is 0 Å². The Bertz CT molecular complexity index is 1500. The van der Waals surface area contributed by atoms with Gasteiger partial charge in [0, 0.05) is 50.0 Å². The molecule has 2 aliphatic rings. The third-order valence-corrected chi connectivity index (χ3v) is 14.0. The highest BCUT2D eigenvalue weighted by Gasteiger charge is 2.58. The number of aryl methyl sites for hydroxylation is 1. The largest absolute Gasteiger partial charge is 0.399 e. The van der Waals surface area contributed by atoms with Gasteiger partial charge in [-0.05, 0) is 30.6 Å². The molecule has 2 fully saturated rings. The Morgan fingerprint density at radius 1 is 1.14 bits per heavy atom. The van der Waals surface area contributed by atoms with Crippen molar-refractivity contribution in [3.8, 4) is 0 Å². The lowest BCUT2D eigenvalue weighted by atomic mass is 10.1. The molecule has 3 heterocycles. The van der Waals surface area contributed by atoms with Crippen LogP contribution in [0.4, 0.5) is 5.82 Å². The topological polar surface area (TPSA) is 104 Å². The van der Waals surface area contributed by atoms with Gasteiger partial charge in [-0.3, -0.25) is 4.57 Å². The summed E-state index contributed by atoms with van der Waals surface area (Å²) in [7, 11) is 0.492. The third-order valence-electron chi connectivity index (χ3n) is 9.06. The molecular formula is C34H45N5O4Si. The molecule has 0 amide bonds. The zero-order chi connectivity index (χ0) is 31.6. The second-order valence-corrected chi connectivity index (χ2v) is 16.5. The van der Waals surface area contributed by atoms with E-state index in [9.17, 15) is 4.79 Å². The van der Waals surface area contributed by atoms with Crippen LogP contribution in [0.5, 0.6) is 0 Å². The molecule has 10 heteroatoms. The molecular weight excluding hydrogens is 570 g/mol. The van der Waals surface area contributed by atoms with Crippen molar-refractivity contribution < 1.29 is 13.9 Å². The van der Waals surface area contributed by atoms with Crippen LogP contribution in [0.3, 0.4) is 0 Å². The van der Waals surface area contributed by atoms with Gasteiger partial charge < -0.3 is 24.5 Å². The maximum atomic E-state index is 13.6. The molecule has 1 aromatic heterocycles. The summed E-state index contributed by atoms with van der Waals surface area (Å²) in [5.41, 5.74) is 6.89. The Balaban J connectivity index is 1.62. The standard InChI is InChI=1S/C34H45N5O4Si/c1-8-34(4,5)44(25-16-11-9-12-17-25,26-18-13-10-14-19-26)43-29-28(24(3)35)42-32(30(29)41-7)39-22-23(2)31(37-33(39)40)36-27-20-15-21-38(27)6/h8-14,16-19,22,24,28-30,32H,1,15,20-21,35H2,2-7H3/t24-,28+,29?,30?,32+/m0/s1. The molecule has 0 radical (unpaired) electrons. The summed E-state index contributed by atoms with van der Waals surface area (Å²) in [6.07, 6.45) is 3.02. The molecule has 3 aromatic rings. The van der Waals surface area contributed by atoms with Crippen LogP contribution in [0, 0.1) is 6.92 Å². The van der Waals surface area contributed by atoms with Crippen molar-refractivity contribution >= 4 is 30.3 Å². The minimum Gasteiger partial charge on any atom is -0.399 e. The molecule has 5 rings (SSSR count). The smallest absolute Gasteiger partial charge is 0.351 e. The fourth-order valence-corrected chi connectivity index (χ4v) is 11.2. The van der Waals surface area contributed by atoms with E-state index in [0.29, 0.717) is 5.82 Å². The van der Waals surface area contributed by atoms with Crippen LogP contribution in [-0.2, 0) is 13.9 Å². The van der Waals surface area contributed by atoms with E-state index in [2.05, 4.69) is 54.6 Å². The van der Waals surface area contributed by atoms with Crippen LogP contribution in [0.15, 0.2) is 89.3 Å². The van der Waals surface area contributed by atoms with E-state index < -0.39 is 49.6 Å². The first-order chi connectivity index (χ1) is 21.0. The number of rotatable bonds is 10. The molecule has 0 saturated carbocycles. The zero-order valence-electron chi connectivity index (χ0n) is 26.6. The first-order valence-corrected chi connectivity index (χ1v) is 17.2. The van der Waals surface area contributed by atoms with Crippen LogP contribution in [0.2, 0.25) is 5.04 Å². The molecule has 2 saturated heterocycles. The predicted octanol–water partition coefficient (Wildman–Crippen LogP) is 3.68. The number of aromatic nitrogens is 2. The van der Waals surface area contributed by atoms with Crippen molar-refractivity contribution in [2.24, 2.45) is 10.7 Å².